The van der Waals surface area contributed by atoms with Crippen LogP contribution < -0.4 is 5.32 Å². The molecule has 0 spiro atoms. The van der Waals surface area contributed by atoms with Crippen molar-refractivity contribution in [2.45, 2.75) is 18.5 Å². The summed E-state index contributed by atoms with van der Waals surface area (Å²) in [5, 5.41) is 2.96. The minimum Gasteiger partial charge on any atom is -0.316 e. The Morgan fingerprint density at radius 1 is 1.06 bits per heavy atom. The van der Waals surface area contributed by atoms with E-state index in [0.717, 1.165) is 12.1 Å². The van der Waals surface area contributed by atoms with Crippen molar-refractivity contribution in [1.82, 2.24) is 5.32 Å². The fourth-order valence-electron chi connectivity index (χ4n) is 2.00. The molecule has 0 saturated carbocycles. The second-order valence-electron chi connectivity index (χ2n) is 3.81. The van der Waals surface area contributed by atoms with E-state index in [0.29, 0.717) is 13.1 Å². The van der Waals surface area contributed by atoms with Gasteiger partial charge in [-0.3, -0.25) is 0 Å². The molecule has 1 aromatic carbocycles. The van der Waals surface area contributed by atoms with Gasteiger partial charge in [0.05, 0.1) is 5.56 Å². The van der Waals surface area contributed by atoms with Crippen molar-refractivity contribution in [2.24, 2.45) is 0 Å². The predicted molar refractivity (Wildman–Crippen MR) is 58.5 cm³/mol. The summed E-state index contributed by atoms with van der Waals surface area (Å²) in [4.78, 5) is 0. The van der Waals surface area contributed by atoms with Crippen LogP contribution in [0.1, 0.15) is 18.4 Å². The van der Waals surface area contributed by atoms with Crippen molar-refractivity contribution in [3.05, 3.63) is 35.4 Å². The normalized spacial score (nSPS) is 18.9. The summed E-state index contributed by atoms with van der Waals surface area (Å²) in [6.45, 7) is 0.897. The molecule has 1 aliphatic heterocycles. The summed E-state index contributed by atoms with van der Waals surface area (Å²) in [6, 6.07) is 3.45. The Bertz CT molecular complexity index is 344. The Labute approximate surface area is 98.4 Å². The molecule has 0 aromatic heterocycles. The lowest BCUT2D eigenvalue weighted by atomic mass is 9.86. The highest BCUT2D eigenvalue weighted by molar-refractivity contribution is 5.85. The van der Waals surface area contributed by atoms with Crippen molar-refractivity contribution in [2.75, 3.05) is 13.1 Å². The third-order valence-electron chi connectivity index (χ3n) is 2.81. The zero-order valence-corrected chi connectivity index (χ0v) is 9.42. The van der Waals surface area contributed by atoms with Gasteiger partial charge in [0.15, 0.2) is 0 Å². The summed E-state index contributed by atoms with van der Waals surface area (Å²) in [5.74, 6) is -1.58. The molecule has 90 valence electrons. The van der Waals surface area contributed by atoms with Crippen LogP contribution in [0.4, 0.5) is 13.2 Å². The van der Waals surface area contributed by atoms with Crippen molar-refractivity contribution in [3.8, 4) is 0 Å². The number of piperidine rings is 1. The van der Waals surface area contributed by atoms with E-state index in [-0.39, 0.29) is 25.2 Å². The lowest BCUT2D eigenvalue weighted by Gasteiger charge is -2.30. The van der Waals surface area contributed by atoms with Crippen LogP contribution in [0.3, 0.4) is 0 Å². The molecule has 1 saturated heterocycles. The number of rotatable bonds is 1. The maximum atomic E-state index is 14.3. The van der Waals surface area contributed by atoms with Gasteiger partial charge in [0.1, 0.15) is 17.3 Å². The monoisotopic (exact) mass is 251 g/mol. The second kappa shape index (κ2) is 5.06. The average molecular weight is 252 g/mol. The number of halogens is 4. The maximum Gasteiger partial charge on any atom is 0.144 e. The number of nitrogens with one attached hydrogen (secondary N) is 1. The summed E-state index contributed by atoms with van der Waals surface area (Å²) < 4.78 is 41.1. The van der Waals surface area contributed by atoms with Gasteiger partial charge >= 0.3 is 0 Å². The molecule has 0 bridgehead atoms. The first-order valence-corrected chi connectivity index (χ1v) is 4.98. The molecule has 1 fully saturated rings. The van der Waals surface area contributed by atoms with Gasteiger partial charge < -0.3 is 5.32 Å². The molecule has 5 heteroatoms. The lowest BCUT2D eigenvalue weighted by molar-refractivity contribution is 0.105. The van der Waals surface area contributed by atoms with Gasteiger partial charge in [0, 0.05) is 0 Å². The van der Waals surface area contributed by atoms with E-state index in [1.807, 2.05) is 0 Å². The second-order valence-corrected chi connectivity index (χ2v) is 3.81. The van der Waals surface area contributed by atoms with Gasteiger partial charge in [-0.25, -0.2) is 13.2 Å². The van der Waals surface area contributed by atoms with Crippen LogP contribution in [-0.2, 0) is 5.67 Å². The predicted octanol–water partition coefficient (Wildman–Crippen LogP) is 2.93. The SMILES string of the molecule is Cl.Fc1cccc(F)c1C1(F)CCNCC1. The summed E-state index contributed by atoms with van der Waals surface area (Å²) >= 11 is 0. The first kappa shape index (κ1) is 13.3. The molecule has 16 heavy (non-hydrogen) atoms. The Morgan fingerprint density at radius 3 is 2.06 bits per heavy atom. The fraction of sp³-hybridized carbons (Fsp3) is 0.455. The Hall–Kier alpha value is -0.740. The Kier molecular flexibility index (Phi) is 4.21. The molecule has 1 aromatic rings. The van der Waals surface area contributed by atoms with Crippen LogP contribution in [0, 0.1) is 11.6 Å². The molecule has 0 aliphatic carbocycles. The van der Waals surface area contributed by atoms with Crippen LogP contribution in [0.15, 0.2) is 18.2 Å². The van der Waals surface area contributed by atoms with Gasteiger partial charge in [0.25, 0.3) is 0 Å². The molecule has 1 heterocycles. The topological polar surface area (TPSA) is 12.0 Å². The Morgan fingerprint density at radius 2 is 1.56 bits per heavy atom. The van der Waals surface area contributed by atoms with Gasteiger partial charge in [-0.1, -0.05) is 6.07 Å². The minimum atomic E-state index is -1.86. The third kappa shape index (κ3) is 2.33. The van der Waals surface area contributed by atoms with Crippen LogP contribution in [0.25, 0.3) is 0 Å². The van der Waals surface area contributed by atoms with Crippen LogP contribution in [0.2, 0.25) is 0 Å². The van der Waals surface area contributed by atoms with E-state index in [1.54, 1.807) is 0 Å². The first-order chi connectivity index (χ1) is 7.13. The van der Waals surface area contributed by atoms with Crippen LogP contribution in [0.5, 0.6) is 0 Å². The van der Waals surface area contributed by atoms with E-state index in [4.69, 9.17) is 0 Å². The summed E-state index contributed by atoms with van der Waals surface area (Å²) in [7, 11) is 0. The highest BCUT2D eigenvalue weighted by atomic mass is 35.5. The Balaban J connectivity index is 0.00000128. The molecule has 1 aliphatic rings. The minimum absolute atomic E-state index is 0. The largest absolute Gasteiger partial charge is 0.316 e. The highest BCUT2D eigenvalue weighted by Gasteiger charge is 2.38. The van der Waals surface area contributed by atoms with Gasteiger partial charge in [-0.15, -0.1) is 12.4 Å². The number of hydrogen-bond acceptors (Lipinski definition) is 1. The van der Waals surface area contributed by atoms with Crippen molar-refractivity contribution in [1.29, 1.82) is 0 Å². The van der Waals surface area contributed by atoms with Crippen LogP contribution >= 0.6 is 12.4 Å². The molecule has 0 unspecified atom stereocenters. The number of benzene rings is 1. The van der Waals surface area contributed by atoms with E-state index in [1.165, 1.54) is 6.07 Å². The van der Waals surface area contributed by atoms with Crippen molar-refractivity contribution < 1.29 is 13.2 Å². The van der Waals surface area contributed by atoms with Crippen LogP contribution in [-0.4, -0.2) is 13.1 Å². The van der Waals surface area contributed by atoms with E-state index >= 15 is 0 Å². The first-order valence-electron chi connectivity index (χ1n) is 4.98. The molecular formula is C11H13ClF3N. The van der Waals surface area contributed by atoms with Gasteiger partial charge in [-0.2, -0.15) is 0 Å². The molecular weight excluding hydrogens is 239 g/mol. The molecule has 1 N–H and O–H groups in total. The van der Waals surface area contributed by atoms with Gasteiger partial charge in [-0.05, 0) is 38.1 Å². The quantitative estimate of drug-likeness (QED) is 0.809. The number of hydrogen-bond donors (Lipinski definition) is 1. The maximum absolute atomic E-state index is 14.3. The zero-order valence-electron chi connectivity index (χ0n) is 8.60. The molecule has 0 amide bonds. The van der Waals surface area contributed by atoms with E-state index < -0.39 is 22.9 Å². The van der Waals surface area contributed by atoms with E-state index in [2.05, 4.69) is 5.32 Å². The standard InChI is InChI=1S/C11H12F3N.ClH/c12-8-2-1-3-9(13)10(8)11(14)4-6-15-7-5-11;/h1-3,15H,4-7H2;1H. The number of alkyl halides is 1. The highest BCUT2D eigenvalue weighted by Crippen LogP contribution is 2.37. The zero-order chi connectivity index (χ0) is 10.9. The lowest BCUT2D eigenvalue weighted by Crippen LogP contribution is -2.37. The molecule has 0 atom stereocenters. The smallest absolute Gasteiger partial charge is 0.144 e. The molecule has 2 rings (SSSR count). The summed E-state index contributed by atoms with van der Waals surface area (Å²) in [6.07, 6.45) is 0.232. The van der Waals surface area contributed by atoms with Crippen molar-refractivity contribution >= 4 is 12.4 Å². The third-order valence-corrected chi connectivity index (χ3v) is 2.81. The van der Waals surface area contributed by atoms with Crippen molar-refractivity contribution in [3.63, 3.8) is 0 Å². The van der Waals surface area contributed by atoms with E-state index in [9.17, 15) is 13.2 Å². The average Bonchev–Trinajstić information content (AvgIpc) is 2.18. The molecule has 1 nitrogen and oxygen atoms in total. The molecule has 0 radical (unpaired) electrons. The fourth-order valence-corrected chi connectivity index (χ4v) is 2.00. The van der Waals surface area contributed by atoms with Gasteiger partial charge in [0.2, 0.25) is 0 Å². The summed E-state index contributed by atoms with van der Waals surface area (Å²) in [5.41, 5.74) is -2.27.